The van der Waals surface area contributed by atoms with E-state index in [-0.39, 0.29) is 17.9 Å². The highest BCUT2D eigenvalue weighted by molar-refractivity contribution is 7.91. The molecule has 28 heavy (non-hydrogen) atoms. The Bertz CT molecular complexity index is 744. The molecule has 156 valence electrons. The number of piperidine rings is 1. The van der Waals surface area contributed by atoms with E-state index in [2.05, 4.69) is 15.6 Å². The van der Waals surface area contributed by atoms with Gasteiger partial charge in [0.15, 0.2) is 15.8 Å². The van der Waals surface area contributed by atoms with Gasteiger partial charge < -0.3 is 20.3 Å². The van der Waals surface area contributed by atoms with Gasteiger partial charge >= 0.3 is 6.09 Å². The van der Waals surface area contributed by atoms with Gasteiger partial charge in [-0.2, -0.15) is 0 Å². The standard InChI is InChI=1S/C19H30N4O4S/c1-3-27-19(24)23-13-10-16(11-14-23)22-18(20-2)21-12-7-15-28(25,26)17-8-5-4-6-9-17/h4-6,8-9,16H,3,7,10-15H2,1-2H3,(H2,20,21,22). The van der Waals surface area contributed by atoms with Crippen LogP contribution in [0.4, 0.5) is 4.79 Å². The van der Waals surface area contributed by atoms with Gasteiger partial charge in [0.05, 0.1) is 17.3 Å². The Kier molecular flexibility index (Phi) is 8.56. The smallest absolute Gasteiger partial charge is 0.409 e. The minimum absolute atomic E-state index is 0.0823. The fourth-order valence-corrected chi connectivity index (χ4v) is 4.36. The number of hydrogen-bond acceptors (Lipinski definition) is 5. The number of ether oxygens (including phenoxy) is 1. The molecule has 1 aromatic carbocycles. The van der Waals surface area contributed by atoms with Gasteiger partial charge in [0, 0.05) is 32.7 Å². The number of guanidine groups is 1. The van der Waals surface area contributed by atoms with Crippen LogP contribution in [0.5, 0.6) is 0 Å². The van der Waals surface area contributed by atoms with Crippen LogP contribution in [0, 0.1) is 0 Å². The Hall–Kier alpha value is -2.29. The normalized spacial score (nSPS) is 15.9. The third-order valence-electron chi connectivity index (χ3n) is 4.57. The van der Waals surface area contributed by atoms with E-state index >= 15 is 0 Å². The fraction of sp³-hybridized carbons (Fsp3) is 0.579. The zero-order valence-corrected chi connectivity index (χ0v) is 17.4. The molecule has 1 aliphatic rings. The lowest BCUT2D eigenvalue weighted by atomic mass is 10.1. The molecule has 8 nitrogen and oxygen atoms in total. The number of hydrogen-bond donors (Lipinski definition) is 2. The number of carbonyl (C=O) groups is 1. The fourth-order valence-electron chi connectivity index (χ4n) is 3.02. The van der Waals surface area contributed by atoms with Crippen molar-refractivity contribution in [3.8, 4) is 0 Å². The van der Waals surface area contributed by atoms with Gasteiger partial charge in [-0.3, -0.25) is 4.99 Å². The quantitative estimate of drug-likeness (QED) is 0.403. The number of aliphatic imine (C=N–C) groups is 1. The van der Waals surface area contributed by atoms with Crippen LogP contribution in [0.1, 0.15) is 26.2 Å². The largest absolute Gasteiger partial charge is 0.450 e. The first kappa shape index (κ1) is 22.0. The zero-order chi connectivity index (χ0) is 20.4. The van der Waals surface area contributed by atoms with Crippen LogP contribution in [0.3, 0.4) is 0 Å². The Morgan fingerprint density at radius 2 is 1.93 bits per heavy atom. The summed E-state index contributed by atoms with van der Waals surface area (Å²) in [7, 11) is -1.58. The van der Waals surface area contributed by atoms with E-state index in [0.29, 0.717) is 43.5 Å². The lowest BCUT2D eigenvalue weighted by Gasteiger charge is -2.32. The first-order valence-electron chi connectivity index (χ1n) is 9.63. The van der Waals surface area contributed by atoms with Gasteiger partial charge in [0.1, 0.15) is 0 Å². The molecule has 1 aliphatic heterocycles. The van der Waals surface area contributed by atoms with Crippen molar-refractivity contribution in [3.63, 3.8) is 0 Å². The molecule has 0 unspecified atom stereocenters. The Labute approximate surface area is 167 Å². The van der Waals surface area contributed by atoms with Crippen LogP contribution in [0.25, 0.3) is 0 Å². The lowest BCUT2D eigenvalue weighted by Crippen LogP contribution is -2.50. The summed E-state index contributed by atoms with van der Waals surface area (Å²) in [5, 5.41) is 6.50. The monoisotopic (exact) mass is 410 g/mol. The number of nitrogens with one attached hydrogen (secondary N) is 2. The molecule has 0 saturated carbocycles. The highest BCUT2D eigenvalue weighted by Gasteiger charge is 2.24. The molecule has 2 N–H and O–H groups in total. The maximum absolute atomic E-state index is 12.3. The van der Waals surface area contributed by atoms with E-state index in [0.717, 1.165) is 12.8 Å². The molecule has 1 saturated heterocycles. The molecular formula is C19H30N4O4S. The van der Waals surface area contributed by atoms with Crippen molar-refractivity contribution >= 4 is 21.9 Å². The summed E-state index contributed by atoms with van der Waals surface area (Å²) in [6.45, 7) is 3.97. The van der Waals surface area contributed by atoms with E-state index in [1.165, 1.54) is 0 Å². The maximum atomic E-state index is 12.3. The van der Waals surface area contributed by atoms with Crippen LogP contribution < -0.4 is 10.6 Å². The molecule has 2 rings (SSSR count). The molecule has 0 atom stereocenters. The summed E-state index contributed by atoms with van der Waals surface area (Å²) < 4.78 is 29.6. The highest BCUT2D eigenvalue weighted by atomic mass is 32.2. The summed E-state index contributed by atoms with van der Waals surface area (Å²) in [4.78, 5) is 18.0. The van der Waals surface area contributed by atoms with Gasteiger partial charge in [0.2, 0.25) is 0 Å². The number of sulfone groups is 1. The molecule has 9 heteroatoms. The van der Waals surface area contributed by atoms with Gasteiger partial charge in [0.25, 0.3) is 0 Å². The van der Waals surface area contributed by atoms with E-state index < -0.39 is 9.84 Å². The topological polar surface area (TPSA) is 100 Å². The van der Waals surface area contributed by atoms with E-state index in [1.54, 1.807) is 49.2 Å². The molecule has 1 amide bonds. The second kappa shape index (κ2) is 10.9. The summed E-state index contributed by atoms with van der Waals surface area (Å²) in [5.74, 6) is 0.727. The SMILES string of the molecule is CCOC(=O)N1CCC(NC(=NC)NCCCS(=O)(=O)c2ccccc2)CC1. The molecule has 0 bridgehead atoms. The summed E-state index contributed by atoms with van der Waals surface area (Å²) in [6.07, 6.45) is 1.84. The molecule has 0 aliphatic carbocycles. The number of carbonyl (C=O) groups excluding carboxylic acids is 1. The molecule has 1 fully saturated rings. The van der Waals surface area contributed by atoms with E-state index in [4.69, 9.17) is 4.74 Å². The summed E-state index contributed by atoms with van der Waals surface area (Å²) in [5.41, 5.74) is 0. The van der Waals surface area contributed by atoms with Gasteiger partial charge in [-0.15, -0.1) is 0 Å². The summed E-state index contributed by atoms with van der Waals surface area (Å²) >= 11 is 0. The zero-order valence-electron chi connectivity index (χ0n) is 16.6. The molecule has 0 aromatic heterocycles. The van der Waals surface area contributed by atoms with Gasteiger partial charge in [-0.25, -0.2) is 13.2 Å². The van der Waals surface area contributed by atoms with Gasteiger partial charge in [-0.05, 0) is 38.3 Å². The summed E-state index contributed by atoms with van der Waals surface area (Å²) in [6, 6.07) is 8.70. The van der Waals surface area contributed by atoms with Crippen molar-refractivity contribution in [2.45, 2.75) is 37.1 Å². The number of benzene rings is 1. The van der Waals surface area contributed by atoms with Crippen LogP contribution in [-0.4, -0.2) is 70.5 Å². The number of rotatable bonds is 7. The lowest BCUT2D eigenvalue weighted by molar-refractivity contribution is 0.0963. The average Bonchev–Trinajstić information content (AvgIpc) is 2.71. The number of nitrogens with zero attached hydrogens (tertiary/aromatic N) is 2. The first-order valence-corrected chi connectivity index (χ1v) is 11.3. The third kappa shape index (κ3) is 6.70. The first-order chi connectivity index (χ1) is 13.5. The molecular weight excluding hydrogens is 380 g/mol. The molecule has 1 heterocycles. The third-order valence-corrected chi connectivity index (χ3v) is 6.39. The highest BCUT2D eigenvalue weighted by Crippen LogP contribution is 2.12. The van der Waals surface area contributed by atoms with Crippen LogP contribution >= 0.6 is 0 Å². The second-order valence-electron chi connectivity index (χ2n) is 6.59. The van der Waals surface area contributed by atoms with E-state index in [9.17, 15) is 13.2 Å². The number of amides is 1. The van der Waals surface area contributed by atoms with Crippen molar-refractivity contribution in [1.82, 2.24) is 15.5 Å². The Morgan fingerprint density at radius 1 is 1.25 bits per heavy atom. The van der Waals surface area contributed by atoms with Crippen molar-refractivity contribution in [1.29, 1.82) is 0 Å². The van der Waals surface area contributed by atoms with E-state index in [1.807, 2.05) is 0 Å². The van der Waals surface area contributed by atoms with Crippen LogP contribution in [-0.2, 0) is 14.6 Å². The Balaban J connectivity index is 1.70. The predicted octanol–water partition coefficient (Wildman–Crippen LogP) is 1.64. The van der Waals surface area contributed by atoms with Crippen molar-refractivity contribution in [3.05, 3.63) is 30.3 Å². The average molecular weight is 411 g/mol. The van der Waals surface area contributed by atoms with Crippen molar-refractivity contribution < 1.29 is 17.9 Å². The van der Waals surface area contributed by atoms with Crippen molar-refractivity contribution in [2.24, 2.45) is 4.99 Å². The van der Waals surface area contributed by atoms with Gasteiger partial charge in [-0.1, -0.05) is 18.2 Å². The van der Waals surface area contributed by atoms with Crippen LogP contribution in [0.2, 0.25) is 0 Å². The maximum Gasteiger partial charge on any atom is 0.409 e. The number of likely N-dealkylation sites (tertiary alicyclic amines) is 1. The molecule has 0 spiro atoms. The second-order valence-corrected chi connectivity index (χ2v) is 8.70. The Morgan fingerprint density at radius 3 is 2.54 bits per heavy atom. The minimum Gasteiger partial charge on any atom is -0.450 e. The molecule has 1 aromatic rings. The molecule has 0 radical (unpaired) electrons. The van der Waals surface area contributed by atoms with Crippen LogP contribution in [0.15, 0.2) is 40.2 Å². The van der Waals surface area contributed by atoms with Crippen molar-refractivity contribution in [2.75, 3.05) is 39.0 Å². The predicted molar refractivity (Wildman–Crippen MR) is 109 cm³/mol. The minimum atomic E-state index is -3.26.